The van der Waals surface area contributed by atoms with Gasteiger partial charge in [-0.1, -0.05) is 6.42 Å². The molecular formula is C12H16N2O2S. The Morgan fingerprint density at radius 1 is 1.53 bits per heavy atom. The molecule has 0 saturated carbocycles. The number of pyridine rings is 1. The van der Waals surface area contributed by atoms with E-state index in [9.17, 15) is 4.79 Å². The van der Waals surface area contributed by atoms with Crippen LogP contribution in [0.15, 0.2) is 18.3 Å². The van der Waals surface area contributed by atoms with Crippen LogP contribution in [0.25, 0.3) is 0 Å². The number of hydrogen-bond acceptors (Lipinski definition) is 4. The molecule has 4 nitrogen and oxygen atoms in total. The Labute approximate surface area is 105 Å². The SMILES string of the molecule is O=C(O)c1ccc(NCC2CCCCS2)nc1. The molecule has 2 N–H and O–H groups in total. The quantitative estimate of drug-likeness (QED) is 0.862. The number of carbonyl (C=O) groups is 1. The number of aromatic carboxylic acids is 1. The Kier molecular flexibility index (Phi) is 4.25. The third kappa shape index (κ3) is 3.63. The van der Waals surface area contributed by atoms with Gasteiger partial charge in [-0.25, -0.2) is 9.78 Å². The maximum absolute atomic E-state index is 10.7. The van der Waals surface area contributed by atoms with Crippen molar-refractivity contribution < 1.29 is 9.90 Å². The van der Waals surface area contributed by atoms with Crippen LogP contribution in [0.1, 0.15) is 29.6 Å². The van der Waals surface area contributed by atoms with Gasteiger partial charge in [0.05, 0.1) is 5.56 Å². The van der Waals surface area contributed by atoms with Crippen molar-refractivity contribution in [1.29, 1.82) is 0 Å². The van der Waals surface area contributed by atoms with Crippen molar-refractivity contribution in [3.8, 4) is 0 Å². The molecule has 1 aromatic heterocycles. The van der Waals surface area contributed by atoms with Crippen molar-refractivity contribution in [2.75, 3.05) is 17.6 Å². The Morgan fingerprint density at radius 3 is 3.00 bits per heavy atom. The maximum atomic E-state index is 10.7. The van der Waals surface area contributed by atoms with Gasteiger partial charge in [-0.05, 0) is 30.7 Å². The molecule has 1 aromatic rings. The first kappa shape index (κ1) is 12.2. The number of nitrogens with zero attached hydrogens (tertiary/aromatic N) is 1. The lowest BCUT2D eigenvalue weighted by molar-refractivity contribution is 0.0696. The van der Waals surface area contributed by atoms with E-state index in [-0.39, 0.29) is 5.56 Å². The van der Waals surface area contributed by atoms with Gasteiger partial charge in [0, 0.05) is 18.0 Å². The average molecular weight is 252 g/mol. The molecular weight excluding hydrogens is 236 g/mol. The number of anilines is 1. The third-order valence-electron chi connectivity index (χ3n) is 2.80. The zero-order valence-corrected chi connectivity index (χ0v) is 10.4. The van der Waals surface area contributed by atoms with Gasteiger partial charge in [0.2, 0.25) is 0 Å². The second kappa shape index (κ2) is 5.91. The molecule has 1 fully saturated rings. The number of thioether (sulfide) groups is 1. The molecule has 0 bridgehead atoms. The fraction of sp³-hybridized carbons (Fsp3) is 0.500. The number of carboxylic acids is 1. The summed E-state index contributed by atoms with van der Waals surface area (Å²) in [5, 5.41) is 12.7. The van der Waals surface area contributed by atoms with Crippen molar-refractivity contribution in [3.05, 3.63) is 23.9 Å². The van der Waals surface area contributed by atoms with E-state index in [1.165, 1.54) is 31.2 Å². The van der Waals surface area contributed by atoms with E-state index in [1.807, 2.05) is 11.8 Å². The molecule has 2 rings (SSSR count). The molecule has 0 amide bonds. The lowest BCUT2D eigenvalue weighted by Gasteiger charge is -2.21. The maximum Gasteiger partial charge on any atom is 0.337 e. The Balaban J connectivity index is 1.84. The van der Waals surface area contributed by atoms with Gasteiger partial charge < -0.3 is 10.4 Å². The molecule has 92 valence electrons. The molecule has 1 aliphatic rings. The van der Waals surface area contributed by atoms with Gasteiger partial charge in [0.1, 0.15) is 5.82 Å². The van der Waals surface area contributed by atoms with Crippen LogP contribution in [0.5, 0.6) is 0 Å². The smallest absolute Gasteiger partial charge is 0.337 e. The van der Waals surface area contributed by atoms with E-state index in [0.717, 1.165) is 12.4 Å². The second-order valence-corrected chi connectivity index (χ2v) is 5.51. The highest BCUT2D eigenvalue weighted by Gasteiger charge is 2.13. The first-order valence-electron chi connectivity index (χ1n) is 5.80. The summed E-state index contributed by atoms with van der Waals surface area (Å²) in [5.41, 5.74) is 0.225. The summed E-state index contributed by atoms with van der Waals surface area (Å²) in [6, 6.07) is 3.29. The van der Waals surface area contributed by atoms with Crippen molar-refractivity contribution in [2.24, 2.45) is 0 Å². The topological polar surface area (TPSA) is 62.2 Å². The van der Waals surface area contributed by atoms with Gasteiger partial charge in [-0.2, -0.15) is 11.8 Å². The molecule has 0 aliphatic carbocycles. The number of carboxylic acid groups (broad SMARTS) is 1. The van der Waals surface area contributed by atoms with Gasteiger partial charge in [-0.3, -0.25) is 0 Å². The summed E-state index contributed by atoms with van der Waals surface area (Å²) < 4.78 is 0. The fourth-order valence-corrected chi connectivity index (χ4v) is 3.05. The zero-order valence-electron chi connectivity index (χ0n) is 9.56. The van der Waals surface area contributed by atoms with E-state index >= 15 is 0 Å². The average Bonchev–Trinajstić information content (AvgIpc) is 2.38. The van der Waals surface area contributed by atoms with Gasteiger partial charge in [0.15, 0.2) is 0 Å². The van der Waals surface area contributed by atoms with E-state index in [1.54, 1.807) is 12.1 Å². The highest BCUT2D eigenvalue weighted by atomic mass is 32.2. The lowest BCUT2D eigenvalue weighted by atomic mass is 10.2. The minimum absolute atomic E-state index is 0.225. The first-order chi connectivity index (χ1) is 8.25. The van der Waals surface area contributed by atoms with E-state index < -0.39 is 5.97 Å². The summed E-state index contributed by atoms with van der Waals surface area (Å²) in [6.07, 6.45) is 5.28. The lowest BCUT2D eigenvalue weighted by Crippen LogP contribution is -2.20. The fourth-order valence-electron chi connectivity index (χ4n) is 1.81. The summed E-state index contributed by atoms with van der Waals surface area (Å²) >= 11 is 2.01. The van der Waals surface area contributed by atoms with Crippen LogP contribution in [0.3, 0.4) is 0 Å². The highest BCUT2D eigenvalue weighted by Crippen LogP contribution is 2.25. The van der Waals surface area contributed by atoms with Crippen molar-refractivity contribution in [3.63, 3.8) is 0 Å². The summed E-state index contributed by atoms with van der Waals surface area (Å²) in [7, 11) is 0. The highest BCUT2D eigenvalue weighted by molar-refractivity contribution is 7.99. The predicted octanol–water partition coefficient (Wildman–Crippen LogP) is 2.48. The van der Waals surface area contributed by atoms with Crippen molar-refractivity contribution in [1.82, 2.24) is 4.98 Å². The van der Waals surface area contributed by atoms with Gasteiger partial charge in [-0.15, -0.1) is 0 Å². The molecule has 1 atom stereocenters. The molecule has 17 heavy (non-hydrogen) atoms. The van der Waals surface area contributed by atoms with Crippen LogP contribution < -0.4 is 5.32 Å². The van der Waals surface area contributed by atoms with Crippen LogP contribution in [0.4, 0.5) is 5.82 Å². The minimum Gasteiger partial charge on any atom is -0.478 e. The van der Waals surface area contributed by atoms with Gasteiger partial charge >= 0.3 is 5.97 Å². The number of hydrogen-bond donors (Lipinski definition) is 2. The normalized spacial score (nSPS) is 19.9. The number of rotatable bonds is 4. The monoisotopic (exact) mass is 252 g/mol. The third-order valence-corrected chi connectivity index (χ3v) is 4.19. The Hall–Kier alpha value is -1.23. The molecule has 1 unspecified atom stereocenters. The van der Waals surface area contributed by atoms with Crippen LogP contribution in [-0.4, -0.2) is 33.6 Å². The first-order valence-corrected chi connectivity index (χ1v) is 6.85. The van der Waals surface area contributed by atoms with Crippen LogP contribution in [0, 0.1) is 0 Å². The van der Waals surface area contributed by atoms with Crippen LogP contribution in [0.2, 0.25) is 0 Å². The Bertz CT molecular complexity index is 375. The van der Waals surface area contributed by atoms with Crippen molar-refractivity contribution in [2.45, 2.75) is 24.5 Å². The number of nitrogens with one attached hydrogen (secondary N) is 1. The van der Waals surface area contributed by atoms with Crippen molar-refractivity contribution >= 4 is 23.5 Å². The predicted molar refractivity (Wildman–Crippen MR) is 69.8 cm³/mol. The summed E-state index contributed by atoms with van der Waals surface area (Å²) in [4.78, 5) is 14.7. The second-order valence-electron chi connectivity index (χ2n) is 4.11. The van der Waals surface area contributed by atoms with Crippen LogP contribution >= 0.6 is 11.8 Å². The van der Waals surface area contributed by atoms with E-state index in [0.29, 0.717) is 5.25 Å². The molecule has 1 aliphatic heterocycles. The largest absolute Gasteiger partial charge is 0.478 e. The summed E-state index contributed by atoms with van der Waals surface area (Å²) in [6.45, 7) is 0.907. The van der Waals surface area contributed by atoms with Crippen LogP contribution in [-0.2, 0) is 0 Å². The standard InChI is InChI=1S/C12H16N2O2S/c15-12(16)9-4-5-11(13-7-9)14-8-10-3-1-2-6-17-10/h4-5,7,10H,1-3,6,8H2,(H,13,14)(H,15,16). The van der Waals surface area contributed by atoms with Gasteiger partial charge in [0.25, 0.3) is 0 Å². The molecule has 0 spiro atoms. The minimum atomic E-state index is -0.938. The molecule has 0 radical (unpaired) electrons. The molecule has 0 aromatic carbocycles. The molecule has 1 saturated heterocycles. The zero-order chi connectivity index (χ0) is 12.1. The molecule has 2 heterocycles. The van der Waals surface area contributed by atoms with E-state index in [2.05, 4.69) is 10.3 Å². The Morgan fingerprint density at radius 2 is 2.41 bits per heavy atom. The number of aromatic nitrogens is 1. The molecule has 5 heteroatoms. The van der Waals surface area contributed by atoms with E-state index in [4.69, 9.17) is 5.11 Å². The summed E-state index contributed by atoms with van der Waals surface area (Å²) in [5.74, 6) is 1.06.